The molecule has 3 heteroatoms. The van der Waals surface area contributed by atoms with E-state index in [1.54, 1.807) is 0 Å². The van der Waals surface area contributed by atoms with Crippen LogP contribution in [0.5, 0.6) is 0 Å². The summed E-state index contributed by atoms with van der Waals surface area (Å²) >= 11 is 1.88. The van der Waals surface area contributed by atoms with Gasteiger partial charge in [-0.1, -0.05) is 152 Å². The van der Waals surface area contributed by atoms with E-state index in [4.69, 9.17) is 4.42 Å². The Morgan fingerprint density at radius 3 is 1.56 bits per heavy atom. The second-order valence-corrected chi connectivity index (χ2v) is 15.1. The molecule has 0 atom stereocenters. The second-order valence-electron chi connectivity index (χ2n) is 14.1. The van der Waals surface area contributed by atoms with Crippen LogP contribution < -0.4 is 4.90 Å². The average Bonchev–Trinajstić information content (AvgIpc) is 3.84. The van der Waals surface area contributed by atoms with Crippen molar-refractivity contribution in [3.63, 3.8) is 0 Å². The Morgan fingerprint density at radius 1 is 0.327 bits per heavy atom. The van der Waals surface area contributed by atoms with E-state index in [9.17, 15) is 0 Å². The van der Waals surface area contributed by atoms with E-state index in [1.165, 1.54) is 53.2 Å². The molecular formula is C52H33NOS. The number of rotatable bonds is 6. The van der Waals surface area contributed by atoms with Crippen LogP contribution in [0, 0.1) is 0 Å². The van der Waals surface area contributed by atoms with Crippen molar-refractivity contribution in [1.82, 2.24) is 0 Å². The van der Waals surface area contributed by atoms with E-state index in [0.29, 0.717) is 0 Å². The van der Waals surface area contributed by atoms with Crippen molar-refractivity contribution in [2.24, 2.45) is 0 Å². The molecule has 0 aliphatic rings. The quantitative estimate of drug-likeness (QED) is 0.170. The molecular weight excluding hydrogens is 687 g/mol. The van der Waals surface area contributed by atoms with E-state index in [2.05, 4.69) is 193 Å². The molecule has 11 rings (SSSR count). The Morgan fingerprint density at radius 2 is 0.836 bits per heavy atom. The van der Waals surface area contributed by atoms with Crippen LogP contribution in [0.4, 0.5) is 17.1 Å². The third-order valence-electron chi connectivity index (χ3n) is 10.9. The Hall–Kier alpha value is -6.94. The standard InChI is InChI=1S/C52H33NOS/c1-2-10-34(11-3-1)35-20-26-38(27-21-35)53(40-30-24-37(25-31-40)42-15-9-16-46-44-12-4-6-18-49(44)54-51(42)46)39-28-22-36(23-29-39)41-14-8-17-47-43(41)32-33-48-45-13-5-7-19-50(45)55-52(47)48/h1-33H. The fraction of sp³-hybridized carbons (Fsp3) is 0. The summed E-state index contributed by atoms with van der Waals surface area (Å²) in [7, 11) is 0. The Labute approximate surface area is 322 Å². The first-order valence-electron chi connectivity index (χ1n) is 18.7. The van der Waals surface area contributed by atoms with Crippen molar-refractivity contribution in [1.29, 1.82) is 0 Å². The van der Waals surface area contributed by atoms with Gasteiger partial charge in [0.1, 0.15) is 11.2 Å². The molecule has 0 radical (unpaired) electrons. The van der Waals surface area contributed by atoms with Gasteiger partial charge in [0.25, 0.3) is 0 Å². The first-order valence-corrected chi connectivity index (χ1v) is 19.5. The lowest BCUT2D eigenvalue weighted by Gasteiger charge is -2.26. The molecule has 2 aromatic heterocycles. The summed E-state index contributed by atoms with van der Waals surface area (Å²) in [6.07, 6.45) is 0. The van der Waals surface area contributed by atoms with Crippen molar-refractivity contribution >= 4 is 81.3 Å². The molecule has 0 aliphatic heterocycles. The van der Waals surface area contributed by atoms with Gasteiger partial charge in [-0.05, 0) is 81.7 Å². The number of anilines is 3. The van der Waals surface area contributed by atoms with Gasteiger partial charge >= 0.3 is 0 Å². The number of hydrogen-bond acceptors (Lipinski definition) is 3. The van der Waals surface area contributed by atoms with Crippen LogP contribution in [0.1, 0.15) is 0 Å². The predicted molar refractivity (Wildman–Crippen MR) is 235 cm³/mol. The number of nitrogens with zero attached hydrogens (tertiary/aromatic N) is 1. The van der Waals surface area contributed by atoms with Crippen molar-refractivity contribution < 1.29 is 4.42 Å². The van der Waals surface area contributed by atoms with Gasteiger partial charge < -0.3 is 9.32 Å². The Balaban J connectivity index is 0.996. The minimum absolute atomic E-state index is 0.909. The summed E-state index contributed by atoms with van der Waals surface area (Å²) in [6.45, 7) is 0. The number of benzene rings is 9. The number of fused-ring (bicyclic) bond motifs is 8. The minimum Gasteiger partial charge on any atom is -0.455 e. The lowest BCUT2D eigenvalue weighted by molar-refractivity contribution is 0.670. The maximum atomic E-state index is 6.40. The minimum atomic E-state index is 0.909. The normalized spacial score (nSPS) is 11.6. The van der Waals surface area contributed by atoms with E-state index in [-0.39, 0.29) is 0 Å². The topological polar surface area (TPSA) is 16.4 Å². The van der Waals surface area contributed by atoms with Gasteiger partial charge in [0.15, 0.2) is 0 Å². The van der Waals surface area contributed by atoms with Gasteiger partial charge in [-0.25, -0.2) is 0 Å². The fourth-order valence-corrected chi connectivity index (χ4v) is 9.46. The number of furan rings is 1. The van der Waals surface area contributed by atoms with E-state index in [0.717, 1.165) is 50.1 Å². The zero-order valence-corrected chi connectivity index (χ0v) is 30.6. The molecule has 0 spiro atoms. The SMILES string of the molecule is c1ccc(-c2ccc(N(c3ccc(-c4cccc5c4ccc4c6ccccc6sc54)cc3)c3ccc(-c4cccc5c4oc4ccccc45)cc3)cc2)cc1. The van der Waals surface area contributed by atoms with Gasteiger partial charge in [-0.15, -0.1) is 11.3 Å². The van der Waals surface area contributed by atoms with Gasteiger partial charge in [0.2, 0.25) is 0 Å². The lowest BCUT2D eigenvalue weighted by atomic mass is 9.96. The predicted octanol–water partition coefficient (Wildman–Crippen LogP) is 15.6. The third-order valence-corrected chi connectivity index (χ3v) is 12.1. The van der Waals surface area contributed by atoms with E-state index < -0.39 is 0 Å². The van der Waals surface area contributed by atoms with E-state index in [1.807, 2.05) is 23.5 Å². The molecule has 0 amide bonds. The van der Waals surface area contributed by atoms with Crippen molar-refractivity contribution in [2.75, 3.05) is 4.90 Å². The molecule has 0 saturated heterocycles. The van der Waals surface area contributed by atoms with Gasteiger partial charge in [-0.2, -0.15) is 0 Å². The van der Waals surface area contributed by atoms with Crippen LogP contribution >= 0.6 is 11.3 Å². The van der Waals surface area contributed by atoms with Gasteiger partial charge in [-0.3, -0.25) is 0 Å². The third kappa shape index (κ3) is 5.32. The highest BCUT2D eigenvalue weighted by Gasteiger charge is 2.17. The monoisotopic (exact) mass is 719 g/mol. The van der Waals surface area contributed by atoms with Crippen LogP contribution in [0.3, 0.4) is 0 Å². The maximum Gasteiger partial charge on any atom is 0.143 e. The highest BCUT2D eigenvalue weighted by molar-refractivity contribution is 7.26. The molecule has 2 nitrogen and oxygen atoms in total. The number of para-hydroxylation sites is 2. The molecule has 0 unspecified atom stereocenters. The van der Waals surface area contributed by atoms with Gasteiger partial charge in [0.05, 0.1) is 0 Å². The summed E-state index contributed by atoms with van der Waals surface area (Å²) in [5, 5.41) is 7.51. The zero-order valence-electron chi connectivity index (χ0n) is 29.8. The summed E-state index contributed by atoms with van der Waals surface area (Å²) in [5.41, 5.74) is 12.1. The number of hydrogen-bond donors (Lipinski definition) is 0. The van der Waals surface area contributed by atoms with Crippen LogP contribution in [-0.4, -0.2) is 0 Å². The Bertz CT molecular complexity index is 3170. The molecule has 0 fully saturated rings. The van der Waals surface area contributed by atoms with Crippen molar-refractivity contribution in [3.05, 3.63) is 200 Å². The van der Waals surface area contributed by atoms with Crippen LogP contribution in [0.25, 0.3) is 86.3 Å². The number of thiophene rings is 1. The fourth-order valence-electron chi connectivity index (χ4n) is 8.23. The van der Waals surface area contributed by atoms with Crippen LogP contribution in [0.15, 0.2) is 205 Å². The summed E-state index contributed by atoms with van der Waals surface area (Å²) < 4.78 is 9.08. The smallest absolute Gasteiger partial charge is 0.143 e. The Kier molecular flexibility index (Phi) is 7.39. The zero-order chi connectivity index (χ0) is 36.3. The molecule has 0 bridgehead atoms. The second kappa shape index (κ2) is 12.9. The highest BCUT2D eigenvalue weighted by Crippen LogP contribution is 2.43. The van der Waals surface area contributed by atoms with Crippen LogP contribution in [-0.2, 0) is 0 Å². The molecule has 0 aliphatic carbocycles. The first-order chi connectivity index (χ1) is 27.3. The maximum absolute atomic E-state index is 6.40. The van der Waals surface area contributed by atoms with Gasteiger partial charge in [0, 0.05) is 59.0 Å². The summed E-state index contributed by atoms with van der Waals surface area (Å²) in [4.78, 5) is 2.34. The summed E-state index contributed by atoms with van der Waals surface area (Å²) in [6, 6.07) is 72.0. The highest BCUT2D eigenvalue weighted by atomic mass is 32.1. The molecule has 0 N–H and O–H groups in total. The van der Waals surface area contributed by atoms with Crippen LogP contribution in [0.2, 0.25) is 0 Å². The molecule has 55 heavy (non-hydrogen) atoms. The molecule has 258 valence electrons. The van der Waals surface area contributed by atoms with Crippen molar-refractivity contribution in [3.8, 4) is 33.4 Å². The molecule has 0 saturated carbocycles. The molecule has 2 heterocycles. The molecule has 9 aromatic carbocycles. The van der Waals surface area contributed by atoms with E-state index >= 15 is 0 Å². The average molecular weight is 720 g/mol. The first kappa shape index (κ1) is 31.6. The molecule has 11 aromatic rings. The van der Waals surface area contributed by atoms with Crippen molar-refractivity contribution in [2.45, 2.75) is 0 Å². The summed E-state index contributed by atoms with van der Waals surface area (Å²) in [5.74, 6) is 0. The largest absolute Gasteiger partial charge is 0.455 e. The lowest BCUT2D eigenvalue weighted by Crippen LogP contribution is -2.09.